The van der Waals surface area contributed by atoms with Gasteiger partial charge < -0.3 is 10.1 Å². The van der Waals surface area contributed by atoms with Gasteiger partial charge in [0.05, 0.1) is 31.0 Å². The molecule has 39 heavy (non-hydrogen) atoms. The van der Waals surface area contributed by atoms with Crippen molar-refractivity contribution in [2.24, 2.45) is 11.8 Å². The molecule has 1 aromatic carbocycles. The summed E-state index contributed by atoms with van der Waals surface area (Å²) >= 11 is 6.13. The largest absolute Gasteiger partial charge is 0.493 e. The molecule has 6 rings (SSSR count). The first-order chi connectivity index (χ1) is 18.8. The molecular formula is C28H28ClN7O3. The average Bonchev–Trinajstić information content (AvgIpc) is 3.36. The number of pyridine rings is 1. The Hall–Kier alpha value is -3.97. The van der Waals surface area contributed by atoms with Crippen molar-refractivity contribution in [1.82, 2.24) is 25.3 Å². The topological polar surface area (TPSA) is 126 Å². The van der Waals surface area contributed by atoms with Crippen molar-refractivity contribution in [1.29, 1.82) is 5.26 Å². The van der Waals surface area contributed by atoms with Gasteiger partial charge >= 0.3 is 0 Å². The predicted octanol–water partition coefficient (Wildman–Crippen LogP) is 3.78. The van der Waals surface area contributed by atoms with Gasteiger partial charge in [0.15, 0.2) is 17.3 Å². The third kappa shape index (κ3) is 4.40. The van der Waals surface area contributed by atoms with Crippen LogP contribution >= 0.6 is 11.6 Å². The van der Waals surface area contributed by atoms with Crippen LogP contribution in [0.4, 0.5) is 5.82 Å². The van der Waals surface area contributed by atoms with Gasteiger partial charge in [0.25, 0.3) is 5.91 Å². The van der Waals surface area contributed by atoms with Crippen LogP contribution in [0.3, 0.4) is 0 Å². The van der Waals surface area contributed by atoms with Crippen molar-refractivity contribution in [3.8, 4) is 11.8 Å². The fourth-order valence-electron chi connectivity index (χ4n) is 5.84. The molecule has 200 valence electrons. The van der Waals surface area contributed by atoms with Gasteiger partial charge in [-0.3, -0.25) is 14.5 Å². The van der Waals surface area contributed by atoms with E-state index in [9.17, 15) is 14.9 Å². The van der Waals surface area contributed by atoms with Gasteiger partial charge in [-0.05, 0) is 68.7 Å². The normalized spacial score (nSPS) is 24.0. The Morgan fingerprint density at radius 3 is 2.79 bits per heavy atom. The zero-order valence-corrected chi connectivity index (χ0v) is 22.6. The maximum absolute atomic E-state index is 12.9. The molecule has 3 aliphatic rings. The summed E-state index contributed by atoms with van der Waals surface area (Å²) in [6.45, 7) is 4.57. The molecule has 0 unspecified atom stereocenters. The van der Waals surface area contributed by atoms with Gasteiger partial charge in [-0.1, -0.05) is 16.8 Å². The molecular weight excluding hydrogens is 518 g/mol. The van der Waals surface area contributed by atoms with E-state index in [0.29, 0.717) is 34.6 Å². The summed E-state index contributed by atoms with van der Waals surface area (Å²) in [6, 6.07) is 7.21. The zero-order chi connectivity index (χ0) is 27.4. The van der Waals surface area contributed by atoms with E-state index in [1.165, 1.54) is 0 Å². The molecule has 3 atom stereocenters. The first-order valence-electron chi connectivity index (χ1n) is 13.1. The third-order valence-electron chi connectivity index (χ3n) is 8.32. The summed E-state index contributed by atoms with van der Waals surface area (Å²) in [5.74, 6) is 1.69. The highest BCUT2D eigenvalue weighted by molar-refractivity contribution is 6.30. The highest BCUT2D eigenvalue weighted by Crippen LogP contribution is 2.49. The number of nitrogens with zero attached hydrogens (tertiary/aromatic N) is 6. The number of carbonyl (C=O) groups excluding carboxylic acids is 2. The van der Waals surface area contributed by atoms with Crippen molar-refractivity contribution >= 4 is 29.2 Å². The lowest BCUT2D eigenvalue weighted by atomic mass is 9.74. The maximum atomic E-state index is 12.9. The van der Waals surface area contributed by atoms with Crippen molar-refractivity contribution in [3.63, 3.8) is 0 Å². The third-order valence-corrected chi connectivity index (χ3v) is 8.56. The summed E-state index contributed by atoms with van der Waals surface area (Å²) in [4.78, 5) is 31.8. The van der Waals surface area contributed by atoms with Crippen LogP contribution in [0.15, 0.2) is 30.6 Å². The standard InChI is InChI=1S/C28H28ClN7O3/c1-14-23(11-31-26(25(14)39-3)35-12-18-8-22(18)28(35)38)15(2)36-13-24(33-34-36)27(37)32-20-6-17(7-20)21-9-19(29)5-4-16(21)10-30/h4-5,9,11,13,15,17-18,20,22H,6-8,12H2,1-3H3,(H,32,37)/t15-,17-,18-,20+,22-/m1/s1. The van der Waals surface area contributed by atoms with Crippen LogP contribution in [0.2, 0.25) is 5.02 Å². The average molecular weight is 546 g/mol. The molecule has 2 amide bonds. The fourth-order valence-corrected chi connectivity index (χ4v) is 6.03. The highest BCUT2D eigenvalue weighted by Gasteiger charge is 2.53. The van der Waals surface area contributed by atoms with Crippen molar-refractivity contribution in [3.05, 3.63) is 63.6 Å². The molecule has 2 aliphatic carbocycles. The maximum Gasteiger partial charge on any atom is 0.273 e. The number of ether oxygens (including phenoxy) is 1. The first-order valence-corrected chi connectivity index (χ1v) is 13.4. The number of anilines is 1. The molecule has 2 saturated carbocycles. The minimum absolute atomic E-state index is 0.0156. The number of rotatable bonds is 7. The smallest absolute Gasteiger partial charge is 0.273 e. The molecule has 11 heteroatoms. The van der Waals surface area contributed by atoms with E-state index in [0.717, 1.165) is 36.0 Å². The van der Waals surface area contributed by atoms with Crippen LogP contribution in [-0.2, 0) is 4.79 Å². The molecule has 3 fully saturated rings. The SMILES string of the molecule is COc1c(N2C[C@H]3C[C@H]3C2=O)ncc([C@@H](C)n2cc(C(=O)N[C@H]3C[C@@H](c4cc(Cl)ccc4C#N)C3)nn2)c1C. The Bertz CT molecular complexity index is 1520. The number of fused-ring (bicyclic) bond motifs is 1. The summed E-state index contributed by atoms with van der Waals surface area (Å²) in [5.41, 5.74) is 3.49. The number of halogens is 1. The van der Waals surface area contributed by atoms with Crippen molar-refractivity contribution in [2.45, 2.75) is 51.1 Å². The molecule has 0 spiro atoms. The van der Waals surface area contributed by atoms with Gasteiger partial charge in [-0.25, -0.2) is 9.67 Å². The predicted molar refractivity (Wildman–Crippen MR) is 143 cm³/mol. The molecule has 2 aromatic heterocycles. The van der Waals surface area contributed by atoms with Crippen molar-refractivity contribution < 1.29 is 14.3 Å². The Balaban J connectivity index is 1.12. The summed E-state index contributed by atoms with van der Waals surface area (Å²) in [6.07, 6.45) is 5.79. The molecule has 1 N–H and O–H groups in total. The molecule has 10 nitrogen and oxygen atoms in total. The van der Waals surface area contributed by atoms with Gasteiger partial charge in [-0.15, -0.1) is 5.10 Å². The highest BCUT2D eigenvalue weighted by atomic mass is 35.5. The number of hydrogen-bond acceptors (Lipinski definition) is 7. The van der Waals surface area contributed by atoms with E-state index in [1.807, 2.05) is 19.9 Å². The lowest BCUT2D eigenvalue weighted by molar-refractivity contribution is -0.118. The van der Waals surface area contributed by atoms with E-state index in [1.54, 1.807) is 41.2 Å². The second-order valence-electron chi connectivity index (χ2n) is 10.7. The van der Waals surface area contributed by atoms with Crippen LogP contribution in [0.25, 0.3) is 0 Å². The number of methoxy groups -OCH3 is 1. The number of aromatic nitrogens is 4. The summed E-state index contributed by atoms with van der Waals surface area (Å²) in [7, 11) is 1.58. The molecule has 1 saturated heterocycles. The second-order valence-corrected chi connectivity index (χ2v) is 11.1. The fraction of sp³-hybridized carbons (Fsp3) is 0.429. The molecule has 0 radical (unpaired) electrons. The molecule has 3 heterocycles. The number of benzene rings is 1. The summed E-state index contributed by atoms with van der Waals surface area (Å²) < 4.78 is 7.32. The molecule has 1 aliphatic heterocycles. The quantitative estimate of drug-likeness (QED) is 0.478. The van der Waals surface area contributed by atoms with Gasteiger partial charge in [0, 0.05) is 40.9 Å². The summed E-state index contributed by atoms with van der Waals surface area (Å²) in [5, 5.41) is 21.3. The Morgan fingerprint density at radius 1 is 1.31 bits per heavy atom. The van der Waals surface area contributed by atoms with Gasteiger partial charge in [0.1, 0.15) is 0 Å². The lowest BCUT2D eigenvalue weighted by Gasteiger charge is -2.36. The van der Waals surface area contributed by atoms with Gasteiger partial charge in [-0.2, -0.15) is 5.26 Å². The minimum Gasteiger partial charge on any atom is -0.493 e. The Kier molecular flexibility index (Phi) is 6.26. The Morgan fingerprint density at radius 2 is 2.10 bits per heavy atom. The first kappa shape index (κ1) is 25.3. The van der Waals surface area contributed by atoms with E-state index < -0.39 is 0 Å². The van der Waals surface area contributed by atoms with E-state index >= 15 is 0 Å². The van der Waals surface area contributed by atoms with E-state index in [4.69, 9.17) is 16.3 Å². The van der Waals surface area contributed by atoms with E-state index in [2.05, 4.69) is 26.7 Å². The number of amides is 2. The number of carbonyl (C=O) groups is 2. The Labute approximate surface area is 230 Å². The lowest BCUT2D eigenvalue weighted by Crippen LogP contribution is -2.43. The molecule has 3 aromatic rings. The number of nitrogens with one attached hydrogen (secondary N) is 1. The zero-order valence-electron chi connectivity index (χ0n) is 21.9. The number of hydrogen-bond donors (Lipinski definition) is 1. The van der Waals surface area contributed by atoms with Crippen LogP contribution in [0, 0.1) is 30.1 Å². The number of piperidine rings is 1. The van der Waals surface area contributed by atoms with Crippen LogP contribution in [-0.4, -0.2) is 51.5 Å². The van der Waals surface area contributed by atoms with Crippen LogP contribution < -0.4 is 15.0 Å². The van der Waals surface area contributed by atoms with Crippen molar-refractivity contribution in [2.75, 3.05) is 18.6 Å². The minimum atomic E-state index is -0.294. The molecule has 0 bridgehead atoms. The number of nitriles is 1. The van der Waals surface area contributed by atoms with E-state index in [-0.39, 0.29) is 41.4 Å². The monoisotopic (exact) mass is 545 g/mol. The van der Waals surface area contributed by atoms with Crippen LogP contribution in [0.1, 0.15) is 70.9 Å². The second kappa shape index (κ2) is 9.65. The van der Waals surface area contributed by atoms with Gasteiger partial charge in [0.2, 0.25) is 5.91 Å². The van der Waals surface area contributed by atoms with Crippen LogP contribution in [0.5, 0.6) is 5.75 Å².